The van der Waals surface area contributed by atoms with Gasteiger partial charge in [-0.25, -0.2) is 0 Å². The molecule has 212 valence electrons. The van der Waals surface area contributed by atoms with Crippen LogP contribution in [0.1, 0.15) is 86.5 Å². The molecule has 3 saturated heterocycles. The summed E-state index contributed by atoms with van der Waals surface area (Å²) >= 11 is 0. The molecule has 3 aliphatic heterocycles. The molecule has 7 unspecified atom stereocenters. The summed E-state index contributed by atoms with van der Waals surface area (Å²) in [6.45, 7) is 13.5. The second-order valence-corrected chi connectivity index (χ2v) is 12.1. The number of ether oxygens (including phenoxy) is 7. The number of cyclic esters (lactones) is 2. The van der Waals surface area contributed by atoms with Crippen LogP contribution in [0, 0.1) is 17.8 Å². The lowest BCUT2D eigenvalue weighted by atomic mass is 9.92. The Balaban J connectivity index is 1.51. The molecule has 0 spiro atoms. The van der Waals surface area contributed by atoms with Crippen molar-refractivity contribution in [2.75, 3.05) is 26.4 Å². The van der Waals surface area contributed by atoms with Crippen molar-refractivity contribution in [3.8, 4) is 0 Å². The summed E-state index contributed by atoms with van der Waals surface area (Å²) in [6.07, 6.45) is 3.19. The summed E-state index contributed by atoms with van der Waals surface area (Å²) in [7, 11) is 0. The monoisotopic (exact) mass is 526 g/mol. The molecule has 3 heterocycles. The van der Waals surface area contributed by atoms with Gasteiger partial charge >= 0.3 is 11.9 Å². The van der Waals surface area contributed by atoms with Gasteiger partial charge in [-0.1, -0.05) is 20.8 Å². The Kier molecular flexibility index (Phi) is 8.90. The summed E-state index contributed by atoms with van der Waals surface area (Å²) in [5.74, 6) is -1.64. The van der Waals surface area contributed by atoms with Gasteiger partial charge in [0.2, 0.25) is 0 Å². The molecule has 0 N–H and O–H groups in total. The van der Waals surface area contributed by atoms with Crippen molar-refractivity contribution >= 4 is 11.9 Å². The molecular formula is C28H46O9. The Hall–Kier alpha value is -1.26. The highest BCUT2D eigenvalue weighted by molar-refractivity contribution is 5.70. The highest BCUT2D eigenvalue weighted by atomic mass is 16.8. The normalized spacial score (nSPS) is 43.2. The molecule has 0 radical (unpaired) electrons. The maximum absolute atomic E-state index is 12.4. The highest BCUT2D eigenvalue weighted by Crippen LogP contribution is 2.46. The number of rotatable bonds is 2. The van der Waals surface area contributed by atoms with Crippen LogP contribution in [-0.4, -0.2) is 73.9 Å². The first kappa shape index (κ1) is 28.7. The second-order valence-electron chi connectivity index (χ2n) is 12.1. The van der Waals surface area contributed by atoms with Gasteiger partial charge in [-0.15, -0.1) is 0 Å². The lowest BCUT2D eigenvalue weighted by molar-refractivity contribution is -0.208. The Morgan fingerprint density at radius 2 is 1.43 bits per heavy atom. The second kappa shape index (κ2) is 11.5. The maximum atomic E-state index is 12.4. The van der Waals surface area contributed by atoms with Crippen LogP contribution >= 0.6 is 0 Å². The quantitative estimate of drug-likeness (QED) is 0.492. The van der Waals surface area contributed by atoms with Crippen LogP contribution in [0.5, 0.6) is 0 Å². The van der Waals surface area contributed by atoms with Crippen molar-refractivity contribution in [1.82, 2.24) is 0 Å². The molecule has 4 fully saturated rings. The van der Waals surface area contributed by atoms with Crippen LogP contribution in [0.15, 0.2) is 0 Å². The Morgan fingerprint density at radius 1 is 0.811 bits per heavy atom. The van der Waals surface area contributed by atoms with Crippen LogP contribution in [0.25, 0.3) is 0 Å². The number of carbonyl (C=O) groups excluding carboxylic acids is 2. The fraction of sp³-hybridized carbons (Fsp3) is 0.929. The van der Waals surface area contributed by atoms with E-state index < -0.39 is 17.2 Å². The van der Waals surface area contributed by atoms with Gasteiger partial charge in [0.1, 0.15) is 12.2 Å². The van der Waals surface area contributed by atoms with Crippen LogP contribution in [0.4, 0.5) is 0 Å². The van der Waals surface area contributed by atoms with E-state index in [0.29, 0.717) is 44.8 Å². The van der Waals surface area contributed by atoms with Crippen LogP contribution in [0.2, 0.25) is 0 Å². The van der Waals surface area contributed by atoms with Crippen molar-refractivity contribution in [3.63, 3.8) is 0 Å². The number of carbonyl (C=O) groups is 2. The maximum Gasteiger partial charge on any atom is 0.305 e. The topological polar surface area (TPSA) is 98.8 Å². The minimum Gasteiger partial charge on any atom is -0.466 e. The first-order chi connectivity index (χ1) is 17.4. The van der Waals surface area contributed by atoms with Crippen LogP contribution < -0.4 is 0 Å². The largest absolute Gasteiger partial charge is 0.466 e. The molecular weight excluding hydrogens is 480 g/mol. The molecule has 9 heteroatoms. The van der Waals surface area contributed by atoms with Crippen LogP contribution in [0.3, 0.4) is 0 Å². The van der Waals surface area contributed by atoms with Gasteiger partial charge in [-0.2, -0.15) is 0 Å². The molecule has 0 aromatic rings. The van der Waals surface area contributed by atoms with E-state index in [9.17, 15) is 9.59 Å². The van der Waals surface area contributed by atoms with E-state index in [1.54, 1.807) is 0 Å². The number of hydrogen-bond acceptors (Lipinski definition) is 9. The summed E-state index contributed by atoms with van der Waals surface area (Å²) in [5, 5.41) is 0. The lowest BCUT2D eigenvalue weighted by Crippen LogP contribution is -2.44. The SMILES string of the molecule is CC1COC(C)(C2CC2)CCC(=O)OCCCOC(=O)CCC2(C)OCC(O2)C2OC(C)(C(C)C)OC12. The van der Waals surface area contributed by atoms with Crippen LogP contribution in [-0.2, 0) is 42.7 Å². The fourth-order valence-electron chi connectivity index (χ4n) is 5.40. The van der Waals surface area contributed by atoms with Crippen molar-refractivity contribution < 1.29 is 42.7 Å². The van der Waals surface area contributed by atoms with Gasteiger partial charge in [-0.3, -0.25) is 9.59 Å². The van der Waals surface area contributed by atoms with E-state index in [0.717, 1.165) is 12.8 Å². The summed E-state index contributed by atoms with van der Waals surface area (Å²) in [6, 6.07) is 0. The van der Waals surface area contributed by atoms with E-state index in [2.05, 4.69) is 27.7 Å². The number of hydrogen-bond donors (Lipinski definition) is 0. The minimum atomic E-state index is -0.908. The number of fused-ring (bicyclic) bond motifs is 4. The predicted molar refractivity (Wildman–Crippen MR) is 133 cm³/mol. The summed E-state index contributed by atoms with van der Waals surface area (Å²) in [5.41, 5.74) is -0.397. The zero-order valence-electron chi connectivity index (χ0n) is 23.4. The van der Waals surface area contributed by atoms with Gasteiger partial charge in [-0.05, 0) is 46.0 Å². The molecule has 9 nitrogen and oxygen atoms in total. The van der Waals surface area contributed by atoms with Crippen molar-refractivity contribution in [2.24, 2.45) is 17.8 Å². The molecule has 4 aliphatic rings. The van der Waals surface area contributed by atoms with Crippen molar-refractivity contribution in [2.45, 2.75) is 122 Å². The van der Waals surface area contributed by atoms with E-state index in [1.165, 1.54) is 0 Å². The average Bonchev–Trinajstić information content (AvgIpc) is 3.55. The van der Waals surface area contributed by atoms with Crippen molar-refractivity contribution in [1.29, 1.82) is 0 Å². The van der Waals surface area contributed by atoms with E-state index in [1.807, 2.05) is 13.8 Å². The van der Waals surface area contributed by atoms with Gasteiger partial charge in [0.25, 0.3) is 0 Å². The number of esters is 2. The van der Waals surface area contributed by atoms with Gasteiger partial charge < -0.3 is 33.2 Å². The fourth-order valence-corrected chi connectivity index (χ4v) is 5.40. The molecule has 37 heavy (non-hydrogen) atoms. The third kappa shape index (κ3) is 7.04. The summed E-state index contributed by atoms with van der Waals surface area (Å²) in [4.78, 5) is 24.6. The first-order valence-corrected chi connectivity index (χ1v) is 14.1. The molecule has 0 aromatic heterocycles. The lowest BCUT2D eigenvalue weighted by Gasteiger charge is -2.34. The Labute approximate surface area is 221 Å². The standard InChI is InChI=1S/C28H46O9/c1-18(2)28(6)36-24-19(3)16-33-26(4,20-8-9-20)12-10-22(29)31-14-7-15-32-23(30)11-13-27(5)34-17-21(35-27)25(24)37-28/h18-21,24-25H,7-17H2,1-6H3. The smallest absolute Gasteiger partial charge is 0.305 e. The molecule has 1 saturated carbocycles. The first-order valence-electron chi connectivity index (χ1n) is 14.1. The Morgan fingerprint density at radius 3 is 2.05 bits per heavy atom. The molecule has 1 aliphatic carbocycles. The third-order valence-corrected chi connectivity index (χ3v) is 8.53. The third-order valence-electron chi connectivity index (χ3n) is 8.53. The molecule has 7 atom stereocenters. The van der Waals surface area contributed by atoms with Gasteiger partial charge in [0.05, 0.1) is 44.6 Å². The zero-order chi connectivity index (χ0) is 26.8. The van der Waals surface area contributed by atoms with Gasteiger partial charge in [0, 0.05) is 31.1 Å². The zero-order valence-corrected chi connectivity index (χ0v) is 23.4. The predicted octanol–water partition coefficient (Wildman–Crippen LogP) is 4.15. The minimum absolute atomic E-state index is 0.0200. The molecule has 4 rings (SSSR count). The Bertz CT molecular complexity index is 813. The molecule has 2 bridgehead atoms. The van der Waals surface area contributed by atoms with Crippen molar-refractivity contribution in [3.05, 3.63) is 0 Å². The highest BCUT2D eigenvalue weighted by Gasteiger charge is 2.55. The molecule has 0 aromatic carbocycles. The van der Waals surface area contributed by atoms with E-state index in [4.69, 9.17) is 33.2 Å². The van der Waals surface area contributed by atoms with E-state index in [-0.39, 0.29) is 61.7 Å². The molecule has 0 amide bonds. The van der Waals surface area contributed by atoms with Gasteiger partial charge in [0.15, 0.2) is 11.6 Å². The average molecular weight is 527 g/mol. The summed E-state index contributed by atoms with van der Waals surface area (Å²) < 4.78 is 42.8. The van der Waals surface area contributed by atoms with E-state index >= 15 is 0 Å².